The number of hydrogen-bond donors (Lipinski definition) is 7. The summed E-state index contributed by atoms with van der Waals surface area (Å²) in [5.41, 5.74) is 5.36. The van der Waals surface area contributed by atoms with Crippen LogP contribution >= 0.6 is 0 Å². The van der Waals surface area contributed by atoms with Crippen molar-refractivity contribution in [3.8, 4) is 0 Å². The lowest BCUT2D eigenvalue weighted by atomic mass is 9.88. The van der Waals surface area contributed by atoms with Gasteiger partial charge in [-0.25, -0.2) is 0 Å². The third-order valence-electron chi connectivity index (χ3n) is 5.05. The van der Waals surface area contributed by atoms with Crippen LogP contribution in [0.2, 0.25) is 0 Å². The molecule has 0 spiro atoms. The highest BCUT2D eigenvalue weighted by Crippen LogP contribution is 2.40. The van der Waals surface area contributed by atoms with Crippen molar-refractivity contribution < 1.29 is 53.7 Å². The molecule has 1 saturated heterocycles. The number of hydrogen-bond acceptors (Lipinski definition) is 9. The molecule has 6 atom stereocenters. The van der Waals surface area contributed by atoms with Gasteiger partial charge in [0.15, 0.2) is 0 Å². The molecular weight excluding hydrogens is 414 g/mol. The quantitative estimate of drug-likeness (QED) is 0.169. The number of carbonyl (C=O) groups is 2. The molecule has 0 radical (unpaired) electrons. The topological polar surface area (TPSA) is 194 Å². The highest BCUT2D eigenvalue weighted by Gasteiger charge is 2.66. The van der Waals surface area contributed by atoms with Crippen molar-refractivity contribution >= 4 is 11.9 Å². The fourth-order valence-electron chi connectivity index (χ4n) is 3.12. The highest BCUT2D eigenvalue weighted by molar-refractivity contribution is 5.76. The summed E-state index contributed by atoms with van der Waals surface area (Å²) in [6, 6.07) is -1.13. The molecule has 0 bridgehead atoms. The lowest BCUT2D eigenvalue weighted by molar-refractivity contribution is -0.411. The van der Waals surface area contributed by atoms with E-state index in [2.05, 4.69) is 4.74 Å². The minimum absolute atomic E-state index is 0.0634. The second-order valence-corrected chi connectivity index (χ2v) is 7.28. The maximum absolute atomic E-state index is 14.9. The van der Waals surface area contributed by atoms with Crippen molar-refractivity contribution in [1.82, 2.24) is 4.90 Å². The largest absolute Gasteiger partial charge is 0.480 e. The molecule has 0 unspecified atom stereocenters. The summed E-state index contributed by atoms with van der Waals surface area (Å²) in [5, 5.41) is 57.6. The number of aliphatic hydroxyl groups is 5. The lowest BCUT2D eigenvalue weighted by Gasteiger charge is -2.48. The van der Waals surface area contributed by atoms with E-state index in [0.29, 0.717) is 4.90 Å². The van der Waals surface area contributed by atoms with Crippen LogP contribution in [0.25, 0.3) is 0 Å². The second-order valence-electron chi connectivity index (χ2n) is 7.28. The van der Waals surface area contributed by atoms with Gasteiger partial charge in [0, 0.05) is 13.0 Å². The average molecular weight is 444 g/mol. The van der Waals surface area contributed by atoms with Crippen molar-refractivity contribution in [1.29, 1.82) is 0 Å². The monoisotopic (exact) mass is 444 g/mol. The van der Waals surface area contributed by atoms with Crippen molar-refractivity contribution in [2.75, 3.05) is 19.7 Å². The molecule has 176 valence electrons. The van der Waals surface area contributed by atoms with E-state index in [0.717, 1.165) is 0 Å². The van der Waals surface area contributed by atoms with Gasteiger partial charge >= 0.3 is 11.9 Å². The molecule has 1 amide bonds. The minimum Gasteiger partial charge on any atom is -0.480 e. The fraction of sp³-hybridized carbons (Fsp3) is 0.882. The number of nitrogens with two attached hydrogens (primary N) is 1. The van der Waals surface area contributed by atoms with Crippen LogP contribution in [0.15, 0.2) is 0 Å². The summed E-state index contributed by atoms with van der Waals surface area (Å²) in [6.45, 7) is -1.20. The third-order valence-corrected chi connectivity index (χ3v) is 5.05. The van der Waals surface area contributed by atoms with Crippen LogP contribution in [0, 0.1) is 0 Å². The number of rotatable bonds is 11. The van der Waals surface area contributed by atoms with E-state index in [1.165, 1.54) is 6.92 Å². The van der Waals surface area contributed by atoms with Gasteiger partial charge in [-0.05, 0) is 19.3 Å². The van der Waals surface area contributed by atoms with Gasteiger partial charge in [-0.3, -0.25) is 9.59 Å². The van der Waals surface area contributed by atoms with Crippen molar-refractivity contribution in [2.24, 2.45) is 5.73 Å². The average Bonchev–Trinajstić information content (AvgIpc) is 2.70. The Bertz CT molecular complexity index is 596. The first-order valence-electron chi connectivity index (χ1n) is 9.51. The van der Waals surface area contributed by atoms with E-state index in [1.54, 1.807) is 0 Å². The van der Waals surface area contributed by atoms with E-state index < -0.39 is 67.2 Å². The van der Waals surface area contributed by atoms with Crippen LogP contribution in [0.1, 0.15) is 32.6 Å². The Hall–Kier alpha value is -1.48. The Labute approximate surface area is 171 Å². The molecule has 11 nitrogen and oxygen atoms in total. The number of carboxylic acids is 1. The summed E-state index contributed by atoms with van der Waals surface area (Å²) in [5.74, 6) is -9.90. The van der Waals surface area contributed by atoms with Gasteiger partial charge in [0.25, 0.3) is 5.79 Å². The number of carbonyl (C=O) groups excluding carboxylic acids is 1. The summed E-state index contributed by atoms with van der Waals surface area (Å²) < 4.78 is 34.5. The Balaban J connectivity index is 2.92. The SMILES string of the molecule is CCC(=O)N(CCCC[C@H](N)C(=O)O)CC(F)(F)[C@]1(O)O[C@H](CO)[C@H](O)[C@H](O)[C@H]1O. The van der Waals surface area contributed by atoms with Crippen molar-refractivity contribution in [3.05, 3.63) is 0 Å². The zero-order chi connectivity index (χ0) is 23.3. The number of alkyl halides is 2. The molecule has 13 heteroatoms. The van der Waals surface area contributed by atoms with Gasteiger partial charge in [0.1, 0.15) is 30.5 Å². The molecule has 0 aliphatic carbocycles. The maximum Gasteiger partial charge on any atom is 0.320 e. The van der Waals surface area contributed by atoms with Gasteiger partial charge in [-0.2, -0.15) is 8.78 Å². The van der Waals surface area contributed by atoms with Crippen molar-refractivity contribution in [2.45, 2.75) is 74.8 Å². The Morgan fingerprint density at radius 2 is 1.83 bits per heavy atom. The van der Waals surface area contributed by atoms with Gasteiger partial charge < -0.3 is 46.0 Å². The molecular formula is C17H30F2N2O9. The van der Waals surface area contributed by atoms with Crippen LogP contribution in [0.5, 0.6) is 0 Å². The number of aliphatic carboxylic acids is 1. The number of amides is 1. The minimum atomic E-state index is -4.30. The molecule has 8 N–H and O–H groups in total. The van der Waals surface area contributed by atoms with E-state index >= 15 is 0 Å². The first-order valence-corrected chi connectivity index (χ1v) is 9.51. The van der Waals surface area contributed by atoms with E-state index in [-0.39, 0.29) is 32.2 Å². The molecule has 0 aromatic rings. The predicted octanol–water partition coefficient (Wildman–Crippen LogP) is -2.40. The fourth-order valence-corrected chi connectivity index (χ4v) is 3.12. The van der Waals surface area contributed by atoms with Crippen LogP contribution in [-0.4, -0.2) is 109 Å². The third kappa shape index (κ3) is 5.81. The number of halogens is 2. The predicted molar refractivity (Wildman–Crippen MR) is 96.2 cm³/mol. The summed E-state index contributed by atoms with van der Waals surface area (Å²) >= 11 is 0. The Kier molecular flexibility index (Phi) is 9.48. The normalized spacial score (nSPS) is 30.7. The maximum atomic E-state index is 14.9. The van der Waals surface area contributed by atoms with Gasteiger partial charge in [-0.15, -0.1) is 0 Å². The standard InChI is InChI=1S/C17H30F2N2O9/c1-2-11(23)21(6-4-3-5-9(20)15(27)28)8-16(18,19)17(29)14(26)13(25)12(24)10(7-22)30-17/h9-10,12-14,22,24-26,29H,2-8,20H2,1H3,(H,27,28)/t9-,10+,12-,13-,14+,17+/m0/s1. The summed E-state index contributed by atoms with van der Waals surface area (Å²) in [7, 11) is 0. The number of carboxylic acid groups (broad SMARTS) is 1. The van der Waals surface area contributed by atoms with Gasteiger partial charge in [0.2, 0.25) is 5.91 Å². The van der Waals surface area contributed by atoms with Crippen LogP contribution in [0.3, 0.4) is 0 Å². The summed E-state index contributed by atoms with van der Waals surface area (Å²) in [4.78, 5) is 23.5. The van der Waals surface area contributed by atoms with Crippen LogP contribution < -0.4 is 5.73 Å². The Morgan fingerprint density at radius 3 is 2.33 bits per heavy atom. The zero-order valence-corrected chi connectivity index (χ0v) is 16.5. The molecule has 0 aromatic carbocycles. The summed E-state index contributed by atoms with van der Waals surface area (Å²) in [6.07, 6.45) is -8.29. The van der Waals surface area contributed by atoms with Gasteiger partial charge in [0.05, 0.1) is 13.2 Å². The van der Waals surface area contributed by atoms with Gasteiger partial charge in [-0.1, -0.05) is 6.92 Å². The molecule has 1 rings (SSSR count). The molecule has 1 fully saturated rings. The molecule has 1 heterocycles. The van der Waals surface area contributed by atoms with E-state index in [1.807, 2.05) is 0 Å². The lowest BCUT2D eigenvalue weighted by Crippen LogP contribution is -2.73. The number of ether oxygens (including phenoxy) is 1. The highest BCUT2D eigenvalue weighted by atomic mass is 19.3. The molecule has 30 heavy (non-hydrogen) atoms. The molecule has 1 aliphatic rings. The zero-order valence-electron chi connectivity index (χ0n) is 16.5. The molecule has 0 saturated carbocycles. The van der Waals surface area contributed by atoms with E-state index in [4.69, 9.17) is 15.9 Å². The smallest absolute Gasteiger partial charge is 0.320 e. The number of nitrogens with zero attached hydrogens (tertiary/aromatic N) is 1. The molecule has 1 aliphatic heterocycles. The number of unbranched alkanes of at least 4 members (excludes halogenated alkanes) is 1. The van der Waals surface area contributed by atoms with Crippen LogP contribution in [0.4, 0.5) is 8.78 Å². The van der Waals surface area contributed by atoms with Crippen molar-refractivity contribution in [3.63, 3.8) is 0 Å². The first kappa shape index (κ1) is 26.6. The van der Waals surface area contributed by atoms with E-state index in [9.17, 15) is 38.8 Å². The second kappa shape index (κ2) is 10.7. The van der Waals surface area contributed by atoms with Crippen LogP contribution in [-0.2, 0) is 14.3 Å². The Morgan fingerprint density at radius 1 is 1.23 bits per heavy atom. The molecule has 0 aromatic heterocycles. The first-order chi connectivity index (χ1) is 13.8. The number of aliphatic hydroxyl groups excluding tert-OH is 4.